The van der Waals surface area contributed by atoms with Crippen molar-refractivity contribution >= 4 is 5.91 Å². The van der Waals surface area contributed by atoms with Crippen LogP contribution < -0.4 is 5.32 Å². The zero-order valence-electron chi connectivity index (χ0n) is 18.3. The predicted molar refractivity (Wildman–Crippen MR) is 122 cm³/mol. The first-order valence-electron chi connectivity index (χ1n) is 10.9. The number of halogens is 1. The number of hydrogen-bond donors (Lipinski definition) is 1. The molecule has 2 heterocycles. The molecule has 0 spiro atoms. The number of pyridine rings is 1. The SMILES string of the molecule is Cc1cccc(CNC(=O)Cc2ccc(-c3ncc(CN4CCOCC4)cc3F)cc2)c1. The summed E-state index contributed by atoms with van der Waals surface area (Å²) in [5, 5.41) is 2.95. The topological polar surface area (TPSA) is 54.5 Å². The lowest BCUT2D eigenvalue weighted by Gasteiger charge is -2.26. The fourth-order valence-corrected chi connectivity index (χ4v) is 3.85. The molecule has 32 heavy (non-hydrogen) atoms. The van der Waals surface area contributed by atoms with Crippen molar-refractivity contribution in [3.05, 3.63) is 88.9 Å². The normalized spacial score (nSPS) is 14.3. The minimum Gasteiger partial charge on any atom is -0.379 e. The Bertz CT molecular complexity index is 1060. The van der Waals surface area contributed by atoms with Crippen LogP contribution in [0.25, 0.3) is 11.3 Å². The first kappa shape index (κ1) is 22.1. The van der Waals surface area contributed by atoms with Crippen molar-refractivity contribution in [2.75, 3.05) is 26.3 Å². The van der Waals surface area contributed by atoms with Gasteiger partial charge in [-0.15, -0.1) is 0 Å². The minimum absolute atomic E-state index is 0.0453. The molecule has 0 radical (unpaired) electrons. The van der Waals surface area contributed by atoms with Gasteiger partial charge in [0.05, 0.1) is 19.6 Å². The van der Waals surface area contributed by atoms with Crippen molar-refractivity contribution < 1.29 is 13.9 Å². The summed E-state index contributed by atoms with van der Waals surface area (Å²) >= 11 is 0. The third-order valence-electron chi connectivity index (χ3n) is 5.57. The van der Waals surface area contributed by atoms with Gasteiger partial charge in [-0.25, -0.2) is 4.39 Å². The standard InChI is InChI=1S/C26H28FN3O2/c1-19-3-2-4-21(13-19)16-28-25(31)15-20-5-7-23(8-6-20)26-24(27)14-22(17-29-26)18-30-9-11-32-12-10-30/h2-8,13-14,17H,9-12,15-16,18H2,1H3,(H,28,31). The lowest BCUT2D eigenvalue weighted by molar-refractivity contribution is -0.120. The molecule has 3 aromatic rings. The van der Waals surface area contributed by atoms with E-state index in [4.69, 9.17) is 4.74 Å². The van der Waals surface area contributed by atoms with Crippen molar-refractivity contribution in [2.45, 2.75) is 26.4 Å². The third kappa shape index (κ3) is 5.99. The summed E-state index contributed by atoms with van der Waals surface area (Å²) in [6, 6.07) is 17.0. The van der Waals surface area contributed by atoms with Gasteiger partial charge in [-0.1, -0.05) is 54.1 Å². The van der Waals surface area contributed by atoms with Crippen molar-refractivity contribution in [3.8, 4) is 11.3 Å². The molecule has 1 fully saturated rings. The van der Waals surface area contributed by atoms with Gasteiger partial charge in [0.2, 0.25) is 5.91 Å². The molecule has 1 aliphatic rings. The van der Waals surface area contributed by atoms with Gasteiger partial charge in [-0.05, 0) is 29.7 Å². The second-order valence-electron chi connectivity index (χ2n) is 8.20. The first-order chi connectivity index (χ1) is 15.6. The molecule has 5 nitrogen and oxygen atoms in total. The summed E-state index contributed by atoms with van der Waals surface area (Å²) in [5.74, 6) is -0.379. The molecular formula is C26H28FN3O2. The molecular weight excluding hydrogens is 405 g/mol. The lowest BCUT2D eigenvalue weighted by Crippen LogP contribution is -2.35. The van der Waals surface area contributed by atoms with Gasteiger partial charge in [0.1, 0.15) is 11.5 Å². The van der Waals surface area contributed by atoms with Crippen LogP contribution in [0.4, 0.5) is 4.39 Å². The number of aryl methyl sites for hydroxylation is 1. The molecule has 1 aromatic heterocycles. The molecule has 0 unspecified atom stereocenters. The Morgan fingerprint density at radius 3 is 2.56 bits per heavy atom. The summed E-state index contributed by atoms with van der Waals surface area (Å²) < 4.78 is 20.1. The highest BCUT2D eigenvalue weighted by atomic mass is 19.1. The number of amides is 1. The molecule has 0 saturated carbocycles. The quantitative estimate of drug-likeness (QED) is 0.614. The van der Waals surface area contributed by atoms with Crippen LogP contribution in [-0.2, 0) is 29.0 Å². The number of carbonyl (C=O) groups is 1. The van der Waals surface area contributed by atoms with E-state index in [2.05, 4.69) is 21.3 Å². The van der Waals surface area contributed by atoms with E-state index in [0.717, 1.165) is 29.8 Å². The second kappa shape index (κ2) is 10.5. The van der Waals surface area contributed by atoms with Gasteiger partial charge in [0.25, 0.3) is 0 Å². The zero-order valence-corrected chi connectivity index (χ0v) is 18.3. The minimum atomic E-state index is -0.334. The van der Waals surface area contributed by atoms with Crippen LogP contribution in [0.2, 0.25) is 0 Å². The van der Waals surface area contributed by atoms with Gasteiger partial charge < -0.3 is 10.1 Å². The second-order valence-corrected chi connectivity index (χ2v) is 8.20. The molecule has 0 atom stereocenters. The average Bonchev–Trinajstić information content (AvgIpc) is 2.79. The van der Waals surface area contributed by atoms with Gasteiger partial charge in [0, 0.05) is 37.9 Å². The maximum absolute atomic E-state index is 14.7. The van der Waals surface area contributed by atoms with Crippen molar-refractivity contribution in [3.63, 3.8) is 0 Å². The molecule has 4 rings (SSSR count). The van der Waals surface area contributed by atoms with Crippen molar-refractivity contribution in [1.82, 2.24) is 15.2 Å². The molecule has 2 aromatic carbocycles. The van der Waals surface area contributed by atoms with E-state index in [1.165, 1.54) is 5.56 Å². The number of ether oxygens (including phenoxy) is 1. The highest BCUT2D eigenvalue weighted by Gasteiger charge is 2.14. The van der Waals surface area contributed by atoms with Crippen LogP contribution in [0, 0.1) is 12.7 Å². The Hall–Kier alpha value is -3.09. The number of carbonyl (C=O) groups excluding carboxylic acids is 1. The van der Waals surface area contributed by atoms with Crippen molar-refractivity contribution in [1.29, 1.82) is 0 Å². The lowest BCUT2D eigenvalue weighted by atomic mass is 10.1. The van der Waals surface area contributed by atoms with E-state index in [9.17, 15) is 9.18 Å². The van der Waals surface area contributed by atoms with Crippen LogP contribution >= 0.6 is 0 Å². The van der Waals surface area contributed by atoms with Crippen LogP contribution in [0.5, 0.6) is 0 Å². The van der Waals surface area contributed by atoms with Gasteiger partial charge in [-0.2, -0.15) is 0 Å². The summed E-state index contributed by atoms with van der Waals surface area (Å²) in [7, 11) is 0. The van der Waals surface area contributed by atoms with E-state index >= 15 is 0 Å². The Kier molecular flexibility index (Phi) is 7.24. The summed E-state index contributed by atoms with van der Waals surface area (Å²) in [6.45, 7) is 6.33. The molecule has 6 heteroatoms. The van der Waals surface area contributed by atoms with E-state index in [-0.39, 0.29) is 18.1 Å². The van der Waals surface area contributed by atoms with Crippen LogP contribution in [0.3, 0.4) is 0 Å². The predicted octanol–water partition coefficient (Wildman–Crippen LogP) is 3.89. The molecule has 166 valence electrons. The van der Waals surface area contributed by atoms with Gasteiger partial charge >= 0.3 is 0 Å². The monoisotopic (exact) mass is 433 g/mol. The Balaban J connectivity index is 1.34. The van der Waals surface area contributed by atoms with Gasteiger partial charge in [0.15, 0.2) is 0 Å². The van der Waals surface area contributed by atoms with E-state index in [1.54, 1.807) is 12.3 Å². The molecule has 0 aliphatic carbocycles. The highest BCUT2D eigenvalue weighted by molar-refractivity contribution is 5.78. The number of nitrogens with zero attached hydrogens (tertiary/aromatic N) is 2. The third-order valence-corrected chi connectivity index (χ3v) is 5.57. The molecule has 1 N–H and O–H groups in total. The van der Waals surface area contributed by atoms with Crippen LogP contribution in [0.1, 0.15) is 22.3 Å². The maximum atomic E-state index is 14.7. The number of rotatable bonds is 7. The Morgan fingerprint density at radius 1 is 1.06 bits per heavy atom. The molecule has 0 bridgehead atoms. The van der Waals surface area contributed by atoms with E-state index in [1.807, 2.05) is 49.4 Å². The molecule has 1 aliphatic heterocycles. The summed E-state index contributed by atoms with van der Waals surface area (Å²) in [5.41, 5.74) is 5.00. The number of nitrogens with one attached hydrogen (secondary N) is 1. The van der Waals surface area contributed by atoms with Crippen molar-refractivity contribution in [2.24, 2.45) is 0 Å². The molecule has 1 saturated heterocycles. The molecule has 1 amide bonds. The number of hydrogen-bond acceptors (Lipinski definition) is 4. The number of benzene rings is 2. The maximum Gasteiger partial charge on any atom is 0.224 e. The van der Waals surface area contributed by atoms with Crippen LogP contribution in [-0.4, -0.2) is 42.1 Å². The number of aromatic nitrogens is 1. The summed E-state index contributed by atoms with van der Waals surface area (Å²) in [4.78, 5) is 18.9. The largest absolute Gasteiger partial charge is 0.379 e. The first-order valence-corrected chi connectivity index (χ1v) is 10.9. The average molecular weight is 434 g/mol. The smallest absolute Gasteiger partial charge is 0.224 e. The van der Waals surface area contributed by atoms with E-state index < -0.39 is 0 Å². The Morgan fingerprint density at radius 2 is 1.84 bits per heavy atom. The summed E-state index contributed by atoms with van der Waals surface area (Å²) in [6.07, 6.45) is 2.01. The number of morpholine rings is 1. The Labute approximate surface area is 188 Å². The van der Waals surface area contributed by atoms with E-state index in [0.29, 0.717) is 37.6 Å². The highest BCUT2D eigenvalue weighted by Crippen LogP contribution is 2.22. The fourth-order valence-electron chi connectivity index (χ4n) is 3.85. The van der Waals surface area contributed by atoms with Gasteiger partial charge in [-0.3, -0.25) is 14.7 Å². The zero-order chi connectivity index (χ0) is 22.3. The fraction of sp³-hybridized carbons (Fsp3) is 0.308. The van der Waals surface area contributed by atoms with Crippen LogP contribution in [0.15, 0.2) is 60.8 Å².